The molecule has 0 fully saturated rings. The van der Waals surface area contributed by atoms with E-state index in [0.29, 0.717) is 12.1 Å². The van der Waals surface area contributed by atoms with Gasteiger partial charge in [0.25, 0.3) is 0 Å². The molecule has 2 aromatic rings. The number of fused-ring (bicyclic) bond motifs is 1. The number of benzene rings is 1. The zero-order chi connectivity index (χ0) is 10.1. The summed E-state index contributed by atoms with van der Waals surface area (Å²) in [5.74, 6) is -0.328. The van der Waals surface area contributed by atoms with Crippen LogP contribution in [0.1, 0.15) is 5.56 Å². The Morgan fingerprint density at radius 3 is 3.07 bits per heavy atom. The van der Waals surface area contributed by atoms with Gasteiger partial charge in [-0.15, -0.1) is 6.58 Å². The van der Waals surface area contributed by atoms with E-state index in [1.165, 1.54) is 0 Å². The highest BCUT2D eigenvalue weighted by molar-refractivity contribution is 5.73. The van der Waals surface area contributed by atoms with Crippen LogP contribution in [0.25, 0.3) is 11.1 Å². The van der Waals surface area contributed by atoms with Crippen LogP contribution < -0.4 is 5.76 Å². The van der Waals surface area contributed by atoms with Gasteiger partial charge in [0.1, 0.15) is 0 Å². The maximum absolute atomic E-state index is 11.4. The number of rotatable bonds is 2. The van der Waals surface area contributed by atoms with Crippen LogP contribution in [0.5, 0.6) is 0 Å². The smallest absolute Gasteiger partial charge is 0.408 e. The van der Waals surface area contributed by atoms with E-state index in [1.807, 2.05) is 25.1 Å². The van der Waals surface area contributed by atoms with Gasteiger partial charge in [-0.3, -0.25) is 4.57 Å². The summed E-state index contributed by atoms with van der Waals surface area (Å²) in [4.78, 5) is 11.4. The second-order valence-corrected chi connectivity index (χ2v) is 3.24. The van der Waals surface area contributed by atoms with Crippen molar-refractivity contribution in [3.05, 3.63) is 47.0 Å². The van der Waals surface area contributed by atoms with Crippen LogP contribution in [-0.2, 0) is 6.54 Å². The van der Waals surface area contributed by atoms with Crippen LogP contribution in [0.15, 0.2) is 40.1 Å². The molecule has 72 valence electrons. The molecule has 0 unspecified atom stereocenters. The number of oxazole rings is 1. The van der Waals surface area contributed by atoms with Gasteiger partial charge in [0, 0.05) is 6.54 Å². The summed E-state index contributed by atoms with van der Waals surface area (Å²) < 4.78 is 6.65. The van der Waals surface area contributed by atoms with Crippen molar-refractivity contribution in [2.75, 3.05) is 0 Å². The molecule has 14 heavy (non-hydrogen) atoms. The van der Waals surface area contributed by atoms with Crippen molar-refractivity contribution >= 4 is 11.1 Å². The molecule has 0 spiro atoms. The lowest BCUT2D eigenvalue weighted by molar-refractivity contribution is 0.519. The van der Waals surface area contributed by atoms with Crippen LogP contribution >= 0.6 is 0 Å². The quantitative estimate of drug-likeness (QED) is 0.678. The Balaban J connectivity index is 2.76. The zero-order valence-electron chi connectivity index (χ0n) is 7.99. The van der Waals surface area contributed by atoms with Gasteiger partial charge in [-0.2, -0.15) is 0 Å². The SMILES string of the molecule is C=CCn1c(=O)oc2cc(C)ccc21. The second kappa shape index (κ2) is 3.18. The van der Waals surface area contributed by atoms with Crippen molar-refractivity contribution in [1.29, 1.82) is 0 Å². The zero-order valence-corrected chi connectivity index (χ0v) is 7.99. The standard InChI is InChI=1S/C11H11NO2/c1-3-6-12-9-5-4-8(2)7-10(9)14-11(12)13/h3-5,7H,1,6H2,2H3. The number of aryl methyl sites for hydroxylation is 1. The fourth-order valence-corrected chi connectivity index (χ4v) is 1.48. The summed E-state index contributed by atoms with van der Waals surface area (Å²) in [7, 11) is 0. The molecule has 3 heteroatoms. The van der Waals surface area contributed by atoms with E-state index in [2.05, 4.69) is 6.58 Å². The molecule has 1 heterocycles. The van der Waals surface area contributed by atoms with Gasteiger partial charge in [0.2, 0.25) is 0 Å². The van der Waals surface area contributed by atoms with Gasteiger partial charge in [0.15, 0.2) is 5.58 Å². The van der Waals surface area contributed by atoms with E-state index in [4.69, 9.17) is 4.42 Å². The molecule has 0 N–H and O–H groups in total. The maximum atomic E-state index is 11.4. The topological polar surface area (TPSA) is 35.1 Å². The highest BCUT2D eigenvalue weighted by atomic mass is 16.4. The Morgan fingerprint density at radius 2 is 2.36 bits per heavy atom. The van der Waals surface area contributed by atoms with Crippen molar-refractivity contribution in [3.63, 3.8) is 0 Å². The minimum absolute atomic E-state index is 0.328. The van der Waals surface area contributed by atoms with E-state index in [0.717, 1.165) is 11.1 Å². The minimum Gasteiger partial charge on any atom is -0.408 e. The predicted molar refractivity (Wildman–Crippen MR) is 55.4 cm³/mol. The third-order valence-electron chi connectivity index (χ3n) is 2.14. The van der Waals surface area contributed by atoms with Crippen molar-refractivity contribution in [2.24, 2.45) is 0 Å². The summed E-state index contributed by atoms with van der Waals surface area (Å²) in [5, 5.41) is 0. The van der Waals surface area contributed by atoms with E-state index in [-0.39, 0.29) is 5.76 Å². The fourth-order valence-electron chi connectivity index (χ4n) is 1.48. The Morgan fingerprint density at radius 1 is 1.57 bits per heavy atom. The van der Waals surface area contributed by atoms with Crippen molar-refractivity contribution in [1.82, 2.24) is 4.57 Å². The van der Waals surface area contributed by atoms with Gasteiger partial charge < -0.3 is 4.42 Å². The van der Waals surface area contributed by atoms with Gasteiger partial charge in [-0.1, -0.05) is 12.1 Å². The minimum atomic E-state index is -0.328. The Hall–Kier alpha value is -1.77. The molecular weight excluding hydrogens is 178 g/mol. The van der Waals surface area contributed by atoms with E-state index in [9.17, 15) is 4.79 Å². The summed E-state index contributed by atoms with van der Waals surface area (Å²) >= 11 is 0. The monoisotopic (exact) mass is 189 g/mol. The first kappa shape index (κ1) is 8.81. The fraction of sp³-hybridized carbons (Fsp3) is 0.182. The number of hydrogen-bond acceptors (Lipinski definition) is 2. The van der Waals surface area contributed by atoms with E-state index < -0.39 is 0 Å². The lowest BCUT2D eigenvalue weighted by Crippen LogP contribution is -2.12. The molecule has 0 saturated heterocycles. The molecule has 0 bridgehead atoms. The third kappa shape index (κ3) is 1.27. The molecule has 0 saturated carbocycles. The average Bonchev–Trinajstić information content (AvgIpc) is 2.43. The highest BCUT2D eigenvalue weighted by Crippen LogP contribution is 2.14. The van der Waals surface area contributed by atoms with Crippen LogP contribution in [0, 0.1) is 6.92 Å². The Labute approximate surface area is 81.3 Å². The Bertz CT molecular complexity index is 534. The molecule has 0 aliphatic rings. The van der Waals surface area contributed by atoms with Crippen LogP contribution in [-0.4, -0.2) is 4.57 Å². The predicted octanol–water partition coefficient (Wildman–Crippen LogP) is 2.09. The van der Waals surface area contributed by atoms with Crippen LogP contribution in [0.4, 0.5) is 0 Å². The summed E-state index contributed by atoms with van der Waals surface area (Å²) in [6.45, 7) is 6.04. The number of nitrogens with zero attached hydrogens (tertiary/aromatic N) is 1. The molecule has 3 nitrogen and oxygen atoms in total. The Kier molecular flexibility index (Phi) is 2.00. The lowest BCUT2D eigenvalue weighted by atomic mass is 10.2. The third-order valence-corrected chi connectivity index (χ3v) is 2.14. The normalized spacial score (nSPS) is 10.6. The van der Waals surface area contributed by atoms with Crippen molar-refractivity contribution in [3.8, 4) is 0 Å². The average molecular weight is 189 g/mol. The summed E-state index contributed by atoms with van der Waals surface area (Å²) in [6.07, 6.45) is 1.68. The van der Waals surface area contributed by atoms with E-state index in [1.54, 1.807) is 10.6 Å². The first-order valence-electron chi connectivity index (χ1n) is 4.43. The van der Waals surface area contributed by atoms with Gasteiger partial charge >= 0.3 is 5.76 Å². The van der Waals surface area contributed by atoms with Gasteiger partial charge in [-0.25, -0.2) is 4.79 Å². The van der Waals surface area contributed by atoms with Crippen LogP contribution in [0.2, 0.25) is 0 Å². The number of aromatic nitrogens is 1. The second-order valence-electron chi connectivity index (χ2n) is 3.24. The molecule has 0 radical (unpaired) electrons. The molecule has 1 aromatic carbocycles. The highest BCUT2D eigenvalue weighted by Gasteiger charge is 2.06. The number of allylic oxidation sites excluding steroid dienone is 1. The molecular formula is C11H11NO2. The van der Waals surface area contributed by atoms with Crippen LogP contribution in [0.3, 0.4) is 0 Å². The molecule has 1 aromatic heterocycles. The molecule has 2 rings (SSSR count). The first-order chi connectivity index (χ1) is 6.72. The molecule has 0 aliphatic carbocycles. The lowest BCUT2D eigenvalue weighted by Gasteiger charge is -1.96. The summed E-state index contributed by atoms with van der Waals surface area (Å²) in [6, 6.07) is 5.70. The van der Waals surface area contributed by atoms with E-state index >= 15 is 0 Å². The largest absolute Gasteiger partial charge is 0.420 e. The number of hydrogen-bond donors (Lipinski definition) is 0. The molecule has 0 aliphatic heterocycles. The van der Waals surface area contributed by atoms with Crippen molar-refractivity contribution < 1.29 is 4.42 Å². The van der Waals surface area contributed by atoms with Gasteiger partial charge in [0.05, 0.1) is 5.52 Å². The van der Waals surface area contributed by atoms with Crippen molar-refractivity contribution in [2.45, 2.75) is 13.5 Å². The summed E-state index contributed by atoms with van der Waals surface area (Å²) in [5.41, 5.74) is 2.54. The molecule has 0 atom stereocenters. The first-order valence-corrected chi connectivity index (χ1v) is 4.43. The maximum Gasteiger partial charge on any atom is 0.420 e. The van der Waals surface area contributed by atoms with Gasteiger partial charge in [-0.05, 0) is 24.6 Å². The molecule has 0 amide bonds.